The molecule has 0 radical (unpaired) electrons. The lowest BCUT2D eigenvalue weighted by atomic mass is 9.99. The zero-order valence-corrected chi connectivity index (χ0v) is 16.2. The molecule has 0 fully saturated rings. The molecule has 0 aromatic carbocycles. The number of carbonyl (C=O) groups excluding carboxylic acids is 1. The van der Waals surface area contributed by atoms with Gasteiger partial charge in [0.1, 0.15) is 11.6 Å². The van der Waals surface area contributed by atoms with Crippen LogP contribution in [-0.2, 0) is 19.5 Å². The summed E-state index contributed by atoms with van der Waals surface area (Å²) < 4.78 is 5.32. The topological polar surface area (TPSA) is 84.2 Å². The summed E-state index contributed by atoms with van der Waals surface area (Å²) in [5.41, 5.74) is 7.80. The number of carbonyl (C=O) groups is 1. The number of anilines is 1. The van der Waals surface area contributed by atoms with E-state index in [-0.39, 0.29) is 5.91 Å². The highest BCUT2D eigenvalue weighted by atomic mass is 16.5. The molecular weight excluding hydrogens is 354 g/mol. The first-order chi connectivity index (χ1) is 13.5. The van der Waals surface area contributed by atoms with Crippen molar-refractivity contribution >= 4 is 11.7 Å². The average molecular weight is 375 g/mol. The summed E-state index contributed by atoms with van der Waals surface area (Å²) in [6.45, 7) is 8.00. The van der Waals surface area contributed by atoms with Crippen molar-refractivity contribution in [2.45, 2.75) is 40.3 Å². The van der Waals surface area contributed by atoms with Gasteiger partial charge in [0.05, 0.1) is 23.5 Å². The van der Waals surface area contributed by atoms with Crippen molar-refractivity contribution in [3.8, 4) is 11.1 Å². The van der Waals surface area contributed by atoms with E-state index < -0.39 is 0 Å². The molecule has 0 saturated heterocycles. The van der Waals surface area contributed by atoms with Crippen LogP contribution in [0, 0.1) is 20.8 Å². The van der Waals surface area contributed by atoms with E-state index in [1.807, 2.05) is 33.0 Å². The fraction of sp³-hybridized carbons (Fsp3) is 0.333. The van der Waals surface area contributed by atoms with Crippen LogP contribution in [0.4, 0.5) is 5.82 Å². The Kier molecular flexibility index (Phi) is 3.72. The first-order valence-corrected chi connectivity index (χ1v) is 9.46. The van der Waals surface area contributed by atoms with Gasteiger partial charge in [-0.25, -0.2) is 4.98 Å². The highest BCUT2D eigenvalue weighted by molar-refractivity contribution is 5.98. The fourth-order valence-corrected chi connectivity index (χ4v) is 4.19. The molecule has 142 valence electrons. The maximum atomic E-state index is 11.9. The molecule has 28 heavy (non-hydrogen) atoms. The minimum Gasteiger partial charge on any atom is -0.361 e. The Bertz CT molecular complexity index is 1100. The zero-order chi connectivity index (χ0) is 19.4. The Morgan fingerprint density at radius 1 is 1.18 bits per heavy atom. The number of aromatic nitrogens is 3. The molecule has 0 bridgehead atoms. The van der Waals surface area contributed by atoms with Crippen molar-refractivity contribution in [1.29, 1.82) is 0 Å². The van der Waals surface area contributed by atoms with Gasteiger partial charge >= 0.3 is 0 Å². The van der Waals surface area contributed by atoms with Crippen molar-refractivity contribution in [3.05, 3.63) is 57.9 Å². The van der Waals surface area contributed by atoms with E-state index in [0.717, 1.165) is 64.9 Å². The molecule has 2 aliphatic heterocycles. The Balaban J connectivity index is 1.50. The quantitative estimate of drug-likeness (QED) is 0.741. The summed E-state index contributed by atoms with van der Waals surface area (Å²) >= 11 is 0. The van der Waals surface area contributed by atoms with Gasteiger partial charge in [-0.3, -0.25) is 9.78 Å². The van der Waals surface area contributed by atoms with Gasteiger partial charge in [0, 0.05) is 42.5 Å². The van der Waals surface area contributed by atoms with Crippen molar-refractivity contribution in [2.75, 3.05) is 11.4 Å². The molecule has 7 heteroatoms. The highest BCUT2D eigenvalue weighted by Gasteiger charge is 2.26. The SMILES string of the molecule is Cc1cc2c(nc1N1CCc3ncc(-c4c(C)noc4C)cc3C1)CNC2=O. The van der Waals surface area contributed by atoms with Gasteiger partial charge in [-0.05, 0) is 44.0 Å². The number of nitrogens with zero attached hydrogens (tertiary/aromatic N) is 4. The Morgan fingerprint density at radius 3 is 2.82 bits per heavy atom. The molecule has 7 nitrogen and oxygen atoms in total. The number of nitrogens with one attached hydrogen (secondary N) is 1. The van der Waals surface area contributed by atoms with Crippen LogP contribution in [0.5, 0.6) is 0 Å². The Morgan fingerprint density at radius 2 is 2.04 bits per heavy atom. The molecule has 2 aliphatic rings. The highest BCUT2D eigenvalue weighted by Crippen LogP contribution is 2.31. The second-order valence-electron chi connectivity index (χ2n) is 7.51. The maximum absolute atomic E-state index is 11.9. The monoisotopic (exact) mass is 375 g/mol. The lowest BCUT2D eigenvalue weighted by Gasteiger charge is -2.30. The van der Waals surface area contributed by atoms with Gasteiger partial charge in [-0.1, -0.05) is 5.16 Å². The summed E-state index contributed by atoms with van der Waals surface area (Å²) in [5.74, 6) is 1.72. The van der Waals surface area contributed by atoms with Crippen molar-refractivity contribution in [2.24, 2.45) is 0 Å². The zero-order valence-electron chi connectivity index (χ0n) is 16.2. The van der Waals surface area contributed by atoms with Crippen molar-refractivity contribution < 1.29 is 9.32 Å². The van der Waals surface area contributed by atoms with E-state index in [9.17, 15) is 4.79 Å². The van der Waals surface area contributed by atoms with Crippen LogP contribution < -0.4 is 10.2 Å². The molecule has 0 aliphatic carbocycles. The van der Waals surface area contributed by atoms with Crippen LogP contribution in [0.25, 0.3) is 11.1 Å². The maximum Gasteiger partial charge on any atom is 0.253 e. The molecule has 3 aromatic heterocycles. The Labute approximate surface area is 162 Å². The van der Waals surface area contributed by atoms with Crippen molar-refractivity contribution in [3.63, 3.8) is 0 Å². The predicted octanol–water partition coefficient (Wildman–Crippen LogP) is 2.86. The normalized spacial score (nSPS) is 15.4. The predicted molar refractivity (Wildman–Crippen MR) is 104 cm³/mol. The number of rotatable bonds is 2. The van der Waals surface area contributed by atoms with E-state index in [2.05, 4.69) is 21.4 Å². The van der Waals surface area contributed by atoms with Crippen LogP contribution in [-0.4, -0.2) is 27.6 Å². The summed E-state index contributed by atoms with van der Waals surface area (Å²) in [4.78, 5) is 23.7. The van der Waals surface area contributed by atoms with Gasteiger partial charge in [0.25, 0.3) is 5.91 Å². The van der Waals surface area contributed by atoms with Crippen LogP contribution in [0.2, 0.25) is 0 Å². The van der Waals surface area contributed by atoms with Crippen LogP contribution in [0.15, 0.2) is 22.9 Å². The minimum absolute atomic E-state index is 0.0329. The molecule has 1 N–H and O–H groups in total. The lowest BCUT2D eigenvalue weighted by Crippen LogP contribution is -2.32. The smallest absolute Gasteiger partial charge is 0.253 e. The van der Waals surface area contributed by atoms with Gasteiger partial charge in [0.2, 0.25) is 0 Å². The lowest BCUT2D eigenvalue weighted by molar-refractivity contribution is 0.0965. The molecule has 3 aromatic rings. The van der Waals surface area contributed by atoms with E-state index in [1.54, 1.807) is 0 Å². The average Bonchev–Trinajstić information content (AvgIpc) is 3.22. The summed E-state index contributed by atoms with van der Waals surface area (Å²) in [5, 5.41) is 6.91. The molecule has 5 rings (SSSR count). The summed E-state index contributed by atoms with van der Waals surface area (Å²) in [6.07, 6.45) is 2.78. The molecule has 0 atom stereocenters. The molecular formula is C21H21N5O2. The first-order valence-electron chi connectivity index (χ1n) is 9.46. The molecule has 0 unspecified atom stereocenters. The number of hydrogen-bond donors (Lipinski definition) is 1. The standard InChI is InChI=1S/C21H21N5O2/c1-11-6-16-18(9-23-21(16)27)24-20(11)26-5-4-17-15(10-26)7-14(8-22-17)19-12(2)25-28-13(19)3/h6-8H,4-5,9-10H2,1-3H3,(H,23,27). The van der Waals surface area contributed by atoms with E-state index in [4.69, 9.17) is 14.5 Å². The van der Waals surface area contributed by atoms with Crippen molar-refractivity contribution in [1.82, 2.24) is 20.4 Å². The number of fused-ring (bicyclic) bond motifs is 2. The van der Waals surface area contributed by atoms with Gasteiger partial charge in [-0.2, -0.15) is 0 Å². The van der Waals surface area contributed by atoms with Gasteiger partial charge < -0.3 is 14.7 Å². The largest absolute Gasteiger partial charge is 0.361 e. The number of hydrogen-bond acceptors (Lipinski definition) is 6. The molecule has 0 spiro atoms. The number of aryl methyl sites for hydroxylation is 3. The molecule has 0 saturated carbocycles. The van der Waals surface area contributed by atoms with Crippen LogP contribution in [0.1, 0.15) is 44.3 Å². The van der Waals surface area contributed by atoms with E-state index in [0.29, 0.717) is 12.1 Å². The third kappa shape index (κ3) is 2.58. The number of amides is 1. The van der Waals surface area contributed by atoms with Crippen LogP contribution >= 0.6 is 0 Å². The number of pyridine rings is 2. The first kappa shape index (κ1) is 16.9. The minimum atomic E-state index is -0.0329. The fourth-order valence-electron chi connectivity index (χ4n) is 4.19. The Hall–Kier alpha value is -3.22. The second-order valence-corrected chi connectivity index (χ2v) is 7.51. The third-order valence-corrected chi connectivity index (χ3v) is 5.59. The molecule has 1 amide bonds. The van der Waals surface area contributed by atoms with Gasteiger partial charge in [0.15, 0.2) is 0 Å². The summed E-state index contributed by atoms with van der Waals surface area (Å²) in [6, 6.07) is 4.14. The molecule has 5 heterocycles. The van der Waals surface area contributed by atoms with E-state index >= 15 is 0 Å². The summed E-state index contributed by atoms with van der Waals surface area (Å²) in [7, 11) is 0. The van der Waals surface area contributed by atoms with E-state index in [1.165, 1.54) is 5.56 Å². The van der Waals surface area contributed by atoms with Gasteiger partial charge in [-0.15, -0.1) is 0 Å². The third-order valence-electron chi connectivity index (χ3n) is 5.59. The van der Waals surface area contributed by atoms with Crippen LogP contribution in [0.3, 0.4) is 0 Å². The second kappa shape index (κ2) is 6.15.